The third-order valence-corrected chi connectivity index (χ3v) is 1.89. The normalized spacial score (nSPS) is 11.4. The second-order valence-electron chi connectivity index (χ2n) is 2.97. The number of aliphatic imine (C=N–C) groups is 1. The summed E-state index contributed by atoms with van der Waals surface area (Å²) in [4.78, 5) is 4.24. The van der Waals surface area contributed by atoms with Crippen LogP contribution in [-0.2, 0) is 0 Å². The van der Waals surface area contributed by atoms with Crippen molar-refractivity contribution in [2.45, 2.75) is 13.3 Å². The van der Waals surface area contributed by atoms with Crippen LogP contribution in [0.2, 0.25) is 0 Å². The van der Waals surface area contributed by atoms with E-state index < -0.39 is 0 Å². The third-order valence-electron chi connectivity index (χ3n) is 1.89. The van der Waals surface area contributed by atoms with Crippen LogP contribution in [0.15, 0.2) is 29.3 Å². The number of ether oxygens (including phenoxy) is 1. The van der Waals surface area contributed by atoms with Crippen LogP contribution in [0.3, 0.4) is 0 Å². The molecule has 1 aromatic carbocycles. The SMILES string of the molecule is CCCN=C(N)c1ccccc1OC. The molecule has 0 saturated heterocycles. The Kier molecular flexibility index (Phi) is 3.98. The van der Waals surface area contributed by atoms with Gasteiger partial charge >= 0.3 is 0 Å². The lowest BCUT2D eigenvalue weighted by molar-refractivity contribution is 0.414. The molecule has 0 aromatic heterocycles. The molecule has 0 amide bonds. The van der Waals surface area contributed by atoms with Gasteiger partial charge in [-0.15, -0.1) is 0 Å². The number of hydrogen-bond donors (Lipinski definition) is 1. The number of rotatable bonds is 4. The van der Waals surface area contributed by atoms with Crippen LogP contribution in [0.1, 0.15) is 18.9 Å². The van der Waals surface area contributed by atoms with Crippen molar-refractivity contribution in [1.82, 2.24) is 0 Å². The van der Waals surface area contributed by atoms with Gasteiger partial charge in [0.15, 0.2) is 0 Å². The second-order valence-corrected chi connectivity index (χ2v) is 2.97. The largest absolute Gasteiger partial charge is 0.496 e. The van der Waals surface area contributed by atoms with Crippen molar-refractivity contribution in [3.8, 4) is 5.75 Å². The fraction of sp³-hybridized carbons (Fsp3) is 0.364. The maximum atomic E-state index is 5.83. The zero-order valence-corrected chi connectivity index (χ0v) is 8.66. The highest BCUT2D eigenvalue weighted by molar-refractivity contribution is 5.99. The van der Waals surface area contributed by atoms with Crippen LogP contribution < -0.4 is 10.5 Å². The molecule has 0 fully saturated rings. The molecule has 76 valence electrons. The molecule has 0 saturated carbocycles. The molecule has 1 rings (SSSR count). The van der Waals surface area contributed by atoms with E-state index in [4.69, 9.17) is 10.5 Å². The highest BCUT2D eigenvalue weighted by atomic mass is 16.5. The fourth-order valence-corrected chi connectivity index (χ4v) is 1.17. The number of amidine groups is 1. The van der Waals surface area contributed by atoms with Gasteiger partial charge in [-0.2, -0.15) is 0 Å². The van der Waals surface area contributed by atoms with Gasteiger partial charge in [-0.05, 0) is 18.6 Å². The van der Waals surface area contributed by atoms with Crippen LogP contribution in [0.4, 0.5) is 0 Å². The molecule has 3 heteroatoms. The zero-order chi connectivity index (χ0) is 10.4. The minimum atomic E-state index is 0.546. The van der Waals surface area contributed by atoms with E-state index in [1.165, 1.54) is 0 Å². The Morgan fingerprint density at radius 2 is 2.14 bits per heavy atom. The van der Waals surface area contributed by atoms with Crippen molar-refractivity contribution in [3.05, 3.63) is 29.8 Å². The van der Waals surface area contributed by atoms with Gasteiger partial charge in [0.2, 0.25) is 0 Å². The quantitative estimate of drug-likeness (QED) is 0.584. The maximum absolute atomic E-state index is 5.83. The number of nitrogens with two attached hydrogens (primary N) is 1. The molecule has 0 spiro atoms. The number of hydrogen-bond acceptors (Lipinski definition) is 2. The van der Waals surface area contributed by atoms with Gasteiger partial charge in [-0.25, -0.2) is 0 Å². The summed E-state index contributed by atoms with van der Waals surface area (Å²) in [6.45, 7) is 2.82. The first-order chi connectivity index (χ1) is 6.79. The molecule has 14 heavy (non-hydrogen) atoms. The van der Waals surface area contributed by atoms with E-state index in [0.29, 0.717) is 5.84 Å². The molecule has 0 atom stereocenters. The summed E-state index contributed by atoms with van der Waals surface area (Å²) in [6, 6.07) is 7.62. The Balaban J connectivity index is 2.93. The lowest BCUT2D eigenvalue weighted by Gasteiger charge is -2.06. The van der Waals surface area contributed by atoms with E-state index in [1.807, 2.05) is 24.3 Å². The van der Waals surface area contributed by atoms with E-state index in [1.54, 1.807) is 7.11 Å². The van der Waals surface area contributed by atoms with Gasteiger partial charge in [-0.1, -0.05) is 19.1 Å². The average molecular weight is 192 g/mol. The molecular weight excluding hydrogens is 176 g/mol. The number of benzene rings is 1. The highest BCUT2D eigenvalue weighted by Gasteiger charge is 2.04. The summed E-state index contributed by atoms with van der Waals surface area (Å²) in [5.41, 5.74) is 6.69. The molecule has 0 aliphatic rings. The summed E-state index contributed by atoms with van der Waals surface area (Å²) in [7, 11) is 1.63. The lowest BCUT2D eigenvalue weighted by Crippen LogP contribution is -2.15. The topological polar surface area (TPSA) is 47.6 Å². The Hall–Kier alpha value is -1.51. The first-order valence-electron chi connectivity index (χ1n) is 4.73. The van der Waals surface area contributed by atoms with E-state index in [-0.39, 0.29) is 0 Å². The predicted octanol–water partition coefficient (Wildman–Crippen LogP) is 1.81. The van der Waals surface area contributed by atoms with Crippen LogP contribution in [0.5, 0.6) is 5.75 Å². The molecule has 0 heterocycles. The minimum Gasteiger partial charge on any atom is -0.496 e. The smallest absolute Gasteiger partial charge is 0.129 e. The Bertz CT molecular complexity index is 321. The first kappa shape index (κ1) is 10.6. The molecule has 0 bridgehead atoms. The summed E-state index contributed by atoms with van der Waals surface area (Å²) in [5, 5.41) is 0. The van der Waals surface area contributed by atoms with E-state index in [2.05, 4.69) is 11.9 Å². The number of para-hydroxylation sites is 1. The molecule has 2 N–H and O–H groups in total. The molecule has 0 aliphatic heterocycles. The van der Waals surface area contributed by atoms with E-state index in [9.17, 15) is 0 Å². The van der Waals surface area contributed by atoms with Crippen molar-refractivity contribution >= 4 is 5.84 Å². The maximum Gasteiger partial charge on any atom is 0.129 e. The van der Waals surface area contributed by atoms with E-state index in [0.717, 1.165) is 24.3 Å². The predicted molar refractivity (Wildman–Crippen MR) is 58.9 cm³/mol. The molecule has 0 unspecified atom stereocenters. The average Bonchev–Trinajstić information content (AvgIpc) is 2.25. The van der Waals surface area contributed by atoms with Crippen LogP contribution in [0.25, 0.3) is 0 Å². The third kappa shape index (κ3) is 2.49. The molecule has 3 nitrogen and oxygen atoms in total. The number of methoxy groups -OCH3 is 1. The molecule has 0 aliphatic carbocycles. The van der Waals surface area contributed by atoms with Crippen molar-refractivity contribution in [2.75, 3.05) is 13.7 Å². The Morgan fingerprint density at radius 1 is 1.43 bits per heavy atom. The van der Waals surface area contributed by atoms with Gasteiger partial charge in [0, 0.05) is 6.54 Å². The summed E-state index contributed by atoms with van der Waals surface area (Å²) < 4.78 is 5.19. The summed E-state index contributed by atoms with van der Waals surface area (Å²) >= 11 is 0. The number of nitrogens with zero attached hydrogens (tertiary/aromatic N) is 1. The lowest BCUT2D eigenvalue weighted by atomic mass is 10.2. The summed E-state index contributed by atoms with van der Waals surface area (Å²) in [6.07, 6.45) is 0.996. The van der Waals surface area contributed by atoms with Crippen LogP contribution in [-0.4, -0.2) is 19.5 Å². The van der Waals surface area contributed by atoms with Crippen LogP contribution >= 0.6 is 0 Å². The second kappa shape index (κ2) is 5.27. The molecular formula is C11H16N2O. The first-order valence-corrected chi connectivity index (χ1v) is 4.73. The zero-order valence-electron chi connectivity index (χ0n) is 8.66. The molecule has 0 radical (unpaired) electrons. The van der Waals surface area contributed by atoms with Gasteiger partial charge in [-0.3, -0.25) is 4.99 Å². The van der Waals surface area contributed by atoms with Crippen LogP contribution in [0, 0.1) is 0 Å². The summed E-state index contributed by atoms with van der Waals surface area (Å²) in [5.74, 6) is 1.31. The Morgan fingerprint density at radius 3 is 2.79 bits per heavy atom. The molecule has 1 aromatic rings. The fourth-order valence-electron chi connectivity index (χ4n) is 1.17. The van der Waals surface area contributed by atoms with Crippen molar-refractivity contribution < 1.29 is 4.74 Å². The van der Waals surface area contributed by atoms with Crippen molar-refractivity contribution in [3.63, 3.8) is 0 Å². The Labute approximate surface area is 84.6 Å². The van der Waals surface area contributed by atoms with Gasteiger partial charge in [0.05, 0.1) is 12.7 Å². The van der Waals surface area contributed by atoms with Crippen molar-refractivity contribution in [1.29, 1.82) is 0 Å². The van der Waals surface area contributed by atoms with E-state index >= 15 is 0 Å². The van der Waals surface area contributed by atoms with Gasteiger partial charge in [0.1, 0.15) is 11.6 Å². The highest BCUT2D eigenvalue weighted by Crippen LogP contribution is 2.16. The minimum absolute atomic E-state index is 0.546. The van der Waals surface area contributed by atoms with Crippen molar-refractivity contribution in [2.24, 2.45) is 10.7 Å². The van der Waals surface area contributed by atoms with Gasteiger partial charge < -0.3 is 10.5 Å². The standard InChI is InChI=1S/C11H16N2O/c1-3-8-13-11(12)9-6-4-5-7-10(9)14-2/h4-7H,3,8H2,1-2H3,(H2,12,13). The monoisotopic (exact) mass is 192 g/mol. The van der Waals surface area contributed by atoms with Gasteiger partial charge in [0.25, 0.3) is 0 Å².